The van der Waals surface area contributed by atoms with Crippen LogP contribution in [-0.4, -0.2) is 32.9 Å². The molecule has 0 atom stereocenters. The standard InChI is InChI=1S/C17H18N2O3S3/c1-12(20)19-8-9-24-17-7-6-15(11-16(17)19)25(21,22)18-13-4-3-5-14(10-13)23-2/h3-7,10-11,18H,8-9H2,1-2H3. The van der Waals surface area contributed by atoms with E-state index >= 15 is 0 Å². The fourth-order valence-corrected chi connectivity index (χ4v) is 5.10. The van der Waals surface area contributed by atoms with Crippen molar-refractivity contribution in [2.45, 2.75) is 21.6 Å². The van der Waals surface area contributed by atoms with Crippen LogP contribution in [0.4, 0.5) is 11.4 Å². The van der Waals surface area contributed by atoms with E-state index in [1.807, 2.05) is 18.4 Å². The van der Waals surface area contributed by atoms with E-state index in [9.17, 15) is 13.2 Å². The first-order valence-corrected chi connectivity index (χ1v) is 11.3. The van der Waals surface area contributed by atoms with E-state index in [-0.39, 0.29) is 10.8 Å². The number of carbonyl (C=O) groups excluding carboxylic acids is 1. The molecule has 1 aliphatic heterocycles. The highest BCUT2D eigenvalue weighted by atomic mass is 32.2. The van der Waals surface area contributed by atoms with Gasteiger partial charge in [0, 0.05) is 34.7 Å². The van der Waals surface area contributed by atoms with Crippen molar-refractivity contribution in [1.29, 1.82) is 0 Å². The van der Waals surface area contributed by atoms with E-state index in [1.54, 1.807) is 58.8 Å². The lowest BCUT2D eigenvalue weighted by Gasteiger charge is -2.28. The Hall–Kier alpha value is -1.64. The molecule has 1 aliphatic rings. The van der Waals surface area contributed by atoms with Crippen molar-refractivity contribution in [3.8, 4) is 0 Å². The summed E-state index contributed by atoms with van der Waals surface area (Å²) >= 11 is 3.17. The largest absolute Gasteiger partial charge is 0.311 e. The molecule has 0 radical (unpaired) electrons. The molecule has 25 heavy (non-hydrogen) atoms. The number of rotatable bonds is 4. The van der Waals surface area contributed by atoms with Gasteiger partial charge in [-0.3, -0.25) is 9.52 Å². The first-order chi connectivity index (χ1) is 11.9. The molecule has 1 N–H and O–H groups in total. The highest BCUT2D eigenvalue weighted by Gasteiger charge is 2.24. The van der Waals surface area contributed by atoms with Gasteiger partial charge in [-0.1, -0.05) is 6.07 Å². The van der Waals surface area contributed by atoms with Crippen LogP contribution in [0.15, 0.2) is 57.2 Å². The van der Waals surface area contributed by atoms with E-state index in [4.69, 9.17) is 0 Å². The highest BCUT2D eigenvalue weighted by Crippen LogP contribution is 2.36. The Morgan fingerprint density at radius 3 is 2.76 bits per heavy atom. The van der Waals surface area contributed by atoms with E-state index in [2.05, 4.69) is 4.72 Å². The number of anilines is 2. The van der Waals surface area contributed by atoms with Crippen LogP contribution in [0.2, 0.25) is 0 Å². The smallest absolute Gasteiger partial charge is 0.261 e. The number of thioether (sulfide) groups is 2. The molecule has 0 aromatic heterocycles. The summed E-state index contributed by atoms with van der Waals surface area (Å²) in [6.45, 7) is 2.08. The van der Waals surface area contributed by atoms with Crippen LogP contribution in [0, 0.1) is 0 Å². The monoisotopic (exact) mass is 394 g/mol. The summed E-state index contributed by atoms with van der Waals surface area (Å²) < 4.78 is 28.1. The second kappa shape index (κ2) is 7.31. The second-order valence-corrected chi connectivity index (χ2v) is 9.18. The van der Waals surface area contributed by atoms with Crippen molar-refractivity contribution < 1.29 is 13.2 Å². The molecule has 0 fully saturated rings. The first-order valence-electron chi connectivity index (χ1n) is 7.62. The third-order valence-electron chi connectivity index (χ3n) is 3.81. The molecule has 0 bridgehead atoms. The molecule has 132 valence electrons. The van der Waals surface area contributed by atoms with Gasteiger partial charge in [-0.05, 0) is 42.7 Å². The molecule has 3 rings (SSSR count). The van der Waals surface area contributed by atoms with Gasteiger partial charge in [0.05, 0.1) is 10.6 Å². The number of sulfonamides is 1. The molecule has 0 spiro atoms. The third-order valence-corrected chi connectivity index (χ3v) is 6.95. The summed E-state index contributed by atoms with van der Waals surface area (Å²) in [5.74, 6) is 0.718. The number of hydrogen-bond acceptors (Lipinski definition) is 5. The van der Waals surface area contributed by atoms with Gasteiger partial charge >= 0.3 is 0 Å². The minimum Gasteiger partial charge on any atom is -0.311 e. The molecule has 0 unspecified atom stereocenters. The Morgan fingerprint density at radius 1 is 1.24 bits per heavy atom. The molecule has 1 amide bonds. The molecular formula is C17H18N2O3S3. The van der Waals surface area contributed by atoms with Crippen LogP contribution >= 0.6 is 23.5 Å². The molecule has 8 heteroatoms. The van der Waals surface area contributed by atoms with Gasteiger partial charge in [0.25, 0.3) is 10.0 Å². The topological polar surface area (TPSA) is 66.5 Å². The second-order valence-electron chi connectivity index (χ2n) is 5.49. The molecule has 2 aromatic rings. The predicted octanol–water partition coefficient (Wildman–Crippen LogP) is 3.67. The van der Waals surface area contributed by atoms with Gasteiger partial charge in [0.1, 0.15) is 0 Å². The summed E-state index contributed by atoms with van der Waals surface area (Å²) in [5, 5.41) is 0. The first kappa shape index (κ1) is 18.2. The fourth-order valence-electron chi connectivity index (χ4n) is 2.59. The molecule has 0 saturated carbocycles. The molecule has 2 aromatic carbocycles. The van der Waals surface area contributed by atoms with Crippen LogP contribution in [0.1, 0.15) is 6.92 Å². The molecule has 0 saturated heterocycles. The lowest BCUT2D eigenvalue weighted by molar-refractivity contribution is -0.116. The maximum absolute atomic E-state index is 12.7. The molecule has 0 aliphatic carbocycles. The van der Waals surface area contributed by atoms with Crippen LogP contribution in [0.25, 0.3) is 0 Å². The minimum absolute atomic E-state index is 0.0864. The Labute approximate surface area is 156 Å². The lowest BCUT2D eigenvalue weighted by Crippen LogP contribution is -2.33. The Balaban J connectivity index is 1.95. The number of carbonyl (C=O) groups is 1. The molecule has 5 nitrogen and oxygen atoms in total. The van der Waals surface area contributed by atoms with E-state index in [1.165, 1.54) is 6.92 Å². The Bertz CT molecular complexity index is 913. The van der Waals surface area contributed by atoms with Gasteiger partial charge in [0.15, 0.2) is 0 Å². The number of nitrogens with one attached hydrogen (secondary N) is 1. The van der Waals surface area contributed by atoms with Gasteiger partial charge < -0.3 is 4.90 Å². The van der Waals surface area contributed by atoms with Crippen molar-refractivity contribution in [2.75, 3.05) is 28.2 Å². The van der Waals surface area contributed by atoms with Gasteiger partial charge in [-0.2, -0.15) is 0 Å². The van der Waals surface area contributed by atoms with Crippen molar-refractivity contribution in [3.63, 3.8) is 0 Å². The average molecular weight is 395 g/mol. The van der Waals surface area contributed by atoms with Crippen molar-refractivity contribution >= 4 is 50.8 Å². The van der Waals surface area contributed by atoms with Crippen LogP contribution in [-0.2, 0) is 14.8 Å². The van der Waals surface area contributed by atoms with Crippen molar-refractivity contribution in [2.24, 2.45) is 0 Å². The minimum atomic E-state index is -3.73. The number of nitrogens with zero attached hydrogens (tertiary/aromatic N) is 1. The van der Waals surface area contributed by atoms with Crippen molar-refractivity contribution in [1.82, 2.24) is 0 Å². The quantitative estimate of drug-likeness (QED) is 0.802. The van der Waals surface area contributed by atoms with Gasteiger partial charge in [0.2, 0.25) is 5.91 Å². The van der Waals surface area contributed by atoms with E-state index in [0.717, 1.165) is 15.5 Å². The maximum Gasteiger partial charge on any atom is 0.261 e. The molecular weight excluding hydrogens is 376 g/mol. The van der Waals surface area contributed by atoms with Crippen LogP contribution in [0.3, 0.4) is 0 Å². The van der Waals surface area contributed by atoms with Crippen LogP contribution < -0.4 is 9.62 Å². The van der Waals surface area contributed by atoms with Gasteiger partial charge in [-0.25, -0.2) is 8.42 Å². The summed E-state index contributed by atoms with van der Waals surface area (Å²) in [5.41, 5.74) is 1.17. The zero-order chi connectivity index (χ0) is 18.0. The number of fused-ring (bicyclic) bond motifs is 1. The Kier molecular flexibility index (Phi) is 5.31. The van der Waals surface area contributed by atoms with E-state index < -0.39 is 10.0 Å². The van der Waals surface area contributed by atoms with Crippen LogP contribution in [0.5, 0.6) is 0 Å². The van der Waals surface area contributed by atoms with Crippen molar-refractivity contribution in [3.05, 3.63) is 42.5 Å². The SMILES string of the molecule is CSc1cccc(NS(=O)(=O)c2ccc3c(c2)N(C(C)=O)CCS3)c1. The number of benzene rings is 2. The number of amides is 1. The summed E-state index contributed by atoms with van der Waals surface area (Å²) in [6, 6.07) is 12.2. The lowest BCUT2D eigenvalue weighted by atomic mass is 10.2. The van der Waals surface area contributed by atoms with E-state index in [0.29, 0.717) is 17.9 Å². The zero-order valence-corrected chi connectivity index (χ0v) is 16.3. The number of hydrogen-bond donors (Lipinski definition) is 1. The summed E-state index contributed by atoms with van der Waals surface area (Å²) in [7, 11) is -3.73. The normalized spacial score (nSPS) is 14.1. The zero-order valence-electron chi connectivity index (χ0n) is 13.9. The maximum atomic E-state index is 12.7. The van der Waals surface area contributed by atoms with Gasteiger partial charge in [-0.15, -0.1) is 23.5 Å². The summed E-state index contributed by atoms with van der Waals surface area (Å²) in [6.07, 6.45) is 1.94. The molecule has 1 heterocycles. The summed E-state index contributed by atoms with van der Waals surface area (Å²) in [4.78, 5) is 15.5. The predicted molar refractivity (Wildman–Crippen MR) is 104 cm³/mol. The Morgan fingerprint density at radius 2 is 2.04 bits per heavy atom. The third kappa shape index (κ3) is 3.96. The fraction of sp³-hybridized carbons (Fsp3) is 0.235. The average Bonchev–Trinajstić information content (AvgIpc) is 2.60. The highest BCUT2D eigenvalue weighted by molar-refractivity contribution is 7.99.